The molecule has 4 heteroatoms. The van der Waals surface area contributed by atoms with Crippen molar-refractivity contribution in [3.63, 3.8) is 0 Å². The first-order valence-electron chi connectivity index (χ1n) is 7.13. The van der Waals surface area contributed by atoms with Gasteiger partial charge in [-0.15, -0.1) is 0 Å². The fourth-order valence-corrected chi connectivity index (χ4v) is 2.60. The maximum atomic E-state index is 6.07. The normalized spacial score (nSPS) is 15.4. The molecular formula is C17H20N2O2. The highest BCUT2D eigenvalue weighted by Gasteiger charge is 2.32. The number of pyridine rings is 1. The van der Waals surface area contributed by atoms with Crippen LogP contribution in [-0.4, -0.2) is 10.6 Å². The number of rotatable bonds is 3. The molecule has 0 radical (unpaired) electrons. The van der Waals surface area contributed by atoms with Gasteiger partial charge in [-0.3, -0.25) is 4.98 Å². The topological polar surface area (TPSA) is 57.4 Å². The fourth-order valence-electron chi connectivity index (χ4n) is 2.60. The second-order valence-corrected chi connectivity index (χ2v) is 6.02. The molecule has 1 aliphatic rings. The Labute approximate surface area is 124 Å². The number of aromatic nitrogens is 1. The highest BCUT2D eigenvalue weighted by atomic mass is 16.5. The predicted molar refractivity (Wildman–Crippen MR) is 81.8 cm³/mol. The lowest BCUT2D eigenvalue weighted by Crippen LogP contribution is -2.24. The third kappa shape index (κ3) is 2.72. The van der Waals surface area contributed by atoms with Gasteiger partial charge in [-0.05, 0) is 26.8 Å². The fraction of sp³-hybridized carbons (Fsp3) is 0.353. The minimum Gasteiger partial charge on any atom is -0.483 e. The van der Waals surface area contributed by atoms with Crippen molar-refractivity contribution in [2.45, 2.75) is 39.3 Å². The number of nitrogens with two attached hydrogens (primary N) is 1. The van der Waals surface area contributed by atoms with Gasteiger partial charge < -0.3 is 15.2 Å². The van der Waals surface area contributed by atoms with Crippen LogP contribution in [0.25, 0.3) is 0 Å². The lowest BCUT2D eigenvalue weighted by Gasteiger charge is -2.18. The number of hydrogen-bond donors (Lipinski definition) is 1. The minimum absolute atomic E-state index is 0.188. The molecule has 3 rings (SSSR count). The van der Waals surface area contributed by atoms with Crippen molar-refractivity contribution in [2.24, 2.45) is 5.73 Å². The minimum atomic E-state index is -0.188. The van der Waals surface area contributed by atoms with Gasteiger partial charge in [-0.25, -0.2) is 0 Å². The third-order valence-corrected chi connectivity index (χ3v) is 3.58. The van der Waals surface area contributed by atoms with Crippen LogP contribution in [0.4, 0.5) is 0 Å². The molecule has 0 atom stereocenters. The Morgan fingerprint density at radius 2 is 2.14 bits per heavy atom. The molecule has 0 unspecified atom stereocenters. The molecule has 0 saturated carbocycles. The van der Waals surface area contributed by atoms with Crippen LogP contribution in [0.2, 0.25) is 0 Å². The van der Waals surface area contributed by atoms with Gasteiger partial charge in [0.25, 0.3) is 0 Å². The van der Waals surface area contributed by atoms with E-state index >= 15 is 0 Å². The molecule has 2 aromatic rings. The zero-order chi connectivity index (χ0) is 15.0. The van der Waals surface area contributed by atoms with E-state index in [1.54, 1.807) is 6.20 Å². The van der Waals surface area contributed by atoms with Crippen molar-refractivity contribution < 1.29 is 9.47 Å². The molecule has 110 valence electrons. The number of ether oxygens (including phenoxy) is 2. The summed E-state index contributed by atoms with van der Waals surface area (Å²) in [5, 5.41) is 0. The summed E-state index contributed by atoms with van der Waals surface area (Å²) in [5.74, 6) is 2.31. The molecule has 0 spiro atoms. The second kappa shape index (κ2) is 5.04. The van der Waals surface area contributed by atoms with Gasteiger partial charge in [-0.2, -0.15) is 0 Å². The van der Waals surface area contributed by atoms with Crippen LogP contribution in [0, 0.1) is 6.92 Å². The standard InChI is InChI=1S/C17H20N2O2/c1-11-7-15(13(9-18)10-19-11)20-14-6-4-5-12-8-17(2,3)21-16(12)14/h4-7,10H,8-9,18H2,1-3H3. The quantitative estimate of drug-likeness (QED) is 0.939. The molecule has 0 amide bonds. The number of fused-ring (bicyclic) bond motifs is 1. The molecule has 21 heavy (non-hydrogen) atoms. The maximum Gasteiger partial charge on any atom is 0.169 e. The summed E-state index contributed by atoms with van der Waals surface area (Å²) in [4.78, 5) is 4.26. The number of para-hydroxylation sites is 1. The summed E-state index contributed by atoms with van der Waals surface area (Å²) in [6.45, 7) is 6.49. The monoisotopic (exact) mass is 284 g/mol. The summed E-state index contributed by atoms with van der Waals surface area (Å²) >= 11 is 0. The van der Waals surface area contributed by atoms with Gasteiger partial charge in [0.15, 0.2) is 11.5 Å². The van der Waals surface area contributed by atoms with Crippen LogP contribution >= 0.6 is 0 Å². The van der Waals surface area contributed by atoms with Gasteiger partial charge in [-0.1, -0.05) is 12.1 Å². The van der Waals surface area contributed by atoms with Crippen LogP contribution in [0.15, 0.2) is 30.5 Å². The largest absolute Gasteiger partial charge is 0.483 e. The molecule has 4 nitrogen and oxygen atoms in total. The number of hydrogen-bond acceptors (Lipinski definition) is 4. The molecule has 1 aromatic heterocycles. The highest BCUT2D eigenvalue weighted by molar-refractivity contribution is 5.52. The number of aryl methyl sites for hydroxylation is 1. The van der Waals surface area contributed by atoms with Crippen molar-refractivity contribution in [1.82, 2.24) is 4.98 Å². The third-order valence-electron chi connectivity index (χ3n) is 3.58. The van der Waals surface area contributed by atoms with E-state index in [9.17, 15) is 0 Å². The van der Waals surface area contributed by atoms with E-state index in [0.29, 0.717) is 6.54 Å². The molecule has 2 N–H and O–H groups in total. The Hall–Kier alpha value is -2.07. The molecule has 2 heterocycles. The van der Waals surface area contributed by atoms with E-state index < -0.39 is 0 Å². The lowest BCUT2D eigenvalue weighted by atomic mass is 10.0. The van der Waals surface area contributed by atoms with Gasteiger partial charge in [0.2, 0.25) is 0 Å². The van der Waals surface area contributed by atoms with Gasteiger partial charge >= 0.3 is 0 Å². The first-order chi connectivity index (χ1) is 9.98. The predicted octanol–water partition coefficient (Wildman–Crippen LogP) is 3.35. The van der Waals surface area contributed by atoms with E-state index in [0.717, 1.165) is 34.9 Å². The molecular weight excluding hydrogens is 264 g/mol. The first-order valence-corrected chi connectivity index (χ1v) is 7.13. The number of benzene rings is 1. The van der Waals surface area contributed by atoms with Crippen molar-refractivity contribution in [3.8, 4) is 17.2 Å². The Balaban J connectivity index is 1.98. The van der Waals surface area contributed by atoms with Gasteiger partial charge in [0.05, 0.1) is 0 Å². The van der Waals surface area contributed by atoms with Crippen LogP contribution in [0.3, 0.4) is 0 Å². The van der Waals surface area contributed by atoms with Crippen molar-refractivity contribution >= 4 is 0 Å². The number of nitrogens with zero attached hydrogens (tertiary/aromatic N) is 1. The first kappa shape index (κ1) is 13.9. The second-order valence-electron chi connectivity index (χ2n) is 6.02. The molecule has 1 aliphatic heterocycles. The average molecular weight is 284 g/mol. The van der Waals surface area contributed by atoms with E-state index in [-0.39, 0.29) is 5.60 Å². The molecule has 0 bridgehead atoms. The smallest absolute Gasteiger partial charge is 0.169 e. The zero-order valence-corrected chi connectivity index (χ0v) is 12.6. The average Bonchev–Trinajstić information content (AvgIpc) is 2.74. The van der Waals surface area contributed by atoms with E-state index in [4.69, 9.17) is 15.2 Å². The van der Waals surface area contributed by atoms with Crippen molar-refractivity contribution in [2.75, 3.05) is 0 Å². The van der Waals surface area contributed by atoms with Gasteiger partial charge in [0, 0.05) is 42.0 Å². The SMILES string of the molecule is Cc1cc(Oc2cccc3c2OC(C)(C)C3)c(CN)cn1. The lowest BCUT2D eigenvalue weighted by molar-refractivity contribution is 0.135. The van der Waals surface area contributed by atoms with Crippen LogP contribution < -0.4 is 15.2 Å². The Morgan fingerprint density at radius 1 is 1.33 bits per heavy atom. The van der Waals surface area contributed by atoms with Gasteiger partial charge in [0.1, 0.15) is 11.4 Å². The van der Waals surface area contributed by atoms with Crippen LogP contribution in [0.1, 0.15) is 30.7 Å². The van der Waals surface area contributed by atoms with E-state index in [2.05, 4.69) is 24.9 Å². The maximum absolute atomic E-state index is 6.07. The van der Waals surface area contributed by atoms with Crippen LogP contribution in [0.5, 0.6) is 17.2 Å². The summed E-state index contributed by atoms with van der Waals surface area (Å²) < 4.78 is 12.1. The van der Waals surface area contributed by atoms with E-state index in [1.165, 1.54) is 5.56 Å². The Bertz CT molecular complexity index is 680. The molecule has 0 saturated heterocycles. The van der Waals surface area contributed by atoms with Crippen LogP contribution in [-0.2, 0) is 13.0 Å². The molecule has 0 aliphatic carbocycles. The Kier molecular flexibility index (Phi) is 3.33. The summed E-state index contributed by atoms with van der Waals surface area (Å²) in [6.07, 6.45) is 2.65. The van der Waals surface area contributed by atoms with E-state index in [1.807, 2.05) is 25.1 Å². The molecule has 0 fully saturated rings. The summed E-state index contributed by atoms with van der Waals surface area (Å²) in [6, 6.07) is 7.91. The van der Waals surface area contributed by atoms with Crippen molar-refractivity contribution in [3.05, 3.63) is 47.3 Å². The Morgan fingerprint density at radius 3 is 2.90 bits per heavy atom. The van der Waals surface area contributed by atoms with Crippen molar-refractivity contribution in [1.29, 1.82) is 0 Å². The molecule has 1 aromatic carbocycles. The highest BCUT2D eigenvalue weighted by Crippen LogP contribution is 2.43. The zero-order valence-electron chi connectivity index (χ0n) is 12.6. The summed E-state index contributed by atoms with van der Waals surface area (Å²) in [7, 11) is 0. The summed E-state index contributed by atoms with van der Waals surface area (Å²) in [5.41, 5.74) is 8.53.